The fourth-order valence-electron chi connectivity index (χ4n) is 5.79. The molecule has 11 nitrogen and oxygen atoms in total. The molecule has 7 rings (SSSR count). The van der Waals surface area contributed by atoms with Crippen LogP contribution in [0, 0.1) is 5.92 Å². The molecule has 41 heavy (non-hydrogen) atoms. The lowest BCUT2D eigenvalue weighted by molar-refractivity contribution is -0.153. The summed E-state index contributed by atoms with van der Waals surface area (Å²) in [5.41, 5.74) is 0.198. The molecule has 2 fully saturated rings. The standard InChI is InChI=1S/C30H30O11/c1-32-20-5-4-6-21(33-2)28(20)41-29-30(31)14-37-27(18(30)12-36-29)17-10-24-25(11-22(17)34-3)40-26(13-35-24)16-7-8-19-23(9-16)39-15-38-19/h4-11,18,26-27,29,31H,12-15H2,1-3H3/t18-,26?,27-,29-,30-/m1/s1. The molecule has 2 saturated heterocycles. The van der Waals surface area contributed by atoms with Gasteiger partial charge in [-0.2, -0.15) is 0 Å². The highest BCUT2D eigenvalue weighted by molar-refractivity contribution is 5.54. The average Bonchev–Trinajstić information content (AvgIpc) is 3.70. The topological polar surface area (TPSA) is 113 Å². The maximum Gasteiger partial charge on any atom is 0.232 e. The van der Waals surface area contributed by atoms with Crippen LogP contribution in [0.15, 0.2) is 48.5 Å². The molecule has 3 aromatic carbocycles. The Labute approximate surface area is 236 Å². The van der Waals surface area contributed by atoms with Gasteiger partial charge in [-0.1, -0.05) is 12.1 Å². The van der Waals surface area contributed by atoms with E-state index < -0.39 is 23.9 Å². The molecule has 11 heteroatoms. The number of fused-ring (bicyclic) bond motifs is 3. The van der Waals surface area contributed by atoms with Crippen molar-refractivity contribution in [1.82, 2.24) is 0 Å². The summed E-state index contributed by atoms with van der Waals surface area (Å²) >= 11 is 0. The molecule has 216 valence electrons. The maximum absolute atomic E-state index is 11.8. The minimum Gasteiger partial charge on any atom is -0.496 e. The SMILES string of the molecule is COc1cc2c(cc1[C@H]1OC[C@]3(O)[C@@H](Oc4c(OC)cccc4OC)OC[C@H]13)OCC(c1ccc3c(c1)OCO3)O2. The van der Waals surface area contributed by atoms with Gasteiger partial charge in [-0.05, 0) is 35.9 Å². The Morgan fingerprint density at radius 1 is 0.780 bits per heavy atom. The molecule has 4 aliphatic rings. The second kappa shape index (κ2) is 10.1. The summed E-state index contributed by atoms with van der Waals surface area (Å²) in [6, 6.07) is 14.6. The molecular formula is C30H30O11. The second-order valence-electron chi connectivity index (χ2n) is 10.2. The molecule has 0 saturated carbocycles. The quantitative estimate of drug-likeness (QED) is 0.451. The lowest BCUT2D eigenvalue weighted by Crippen LogP contribution is -2.47. The number of rotatable bonds is 7. The molecule has 1 N–H and O–H groups in total. The minimum atomic E-state index is -1.43. The van der Waals surface area contributed by atoms with E-state index in [1.165, 1.54) is 14.2 Å². The highest BCUT2D eigenvalue weighted by atomic mass is 16.7. The van der Waals surface area contributed by atoms with Crippen LogP contribution >= 0.6 is 0 Å². The molecule has 0 aromatic heterocycles. The first-order chi connectivity index (χ1) is 20.0. The van der Waals surface area contributed by atoms with Crippen LogP contribution in [-0.4, -0.2) is 64.9 Å². The lowest BCUT2D eigenvalue weighted by atomic mass is 9.85. The van der Waals surface area contributed by atoms with Crippen LogP contribution in [0.3, 0.4) is 0 Å². The first kappa shape index (κ1) is 25.9. The predicted molar refractivity (Wildman–Crippen MR) is 141 cm³/mol. The van der Waals surface area contributed by atoms with Crippen LogP contribution in [-0.2, 0) is 9.47 Å². The molecule has 4 heterocycles. The Kier molecular flexibility index (Phi) is 6.37. The van der Waals surface area contributed by atoms with Crippen molar-refractivity contribution in [3.8, 4) is 46.0 Å². The van der Waals surface area contributed by atoms with Gasteiger partial charge in [0, 0.05) is 11.6 Å². The molecule has 0 amide bonds. The van der Waals surface area contributed by atoms with E-state index in [1.54, 1.807) is 31.4 Å². The van der Waals surface area contributed by atoms with Crippen molar-refractivity contribution in [2.75, 3.05) is 47.9 Å². The summed E-state index contributed by atoms with van der Waals surface area (Å²) < 4.78 is 58.3. The Bertz CT molecular complexity index is 1440. The van der Waals surface area contributed by atoms with Gasteiger partial charge in [0.15, 0.2) is 46.2 Å². The fourth-order valence-corrected chi connectivity index (χ4v) is 5.79. The summed E-state index contributed by atoms with van der Waals surface area (Å²) in [4.78, 5) is 0. The number of aliphatic hydroxyl groups is 1. The predicted octanol–water partition coefficient (Wildman–Crippen LogP) is 3.81. The van der Waals surface area contributed by atoms with E-state index in [1.807, 2.05) is 24.3 Å². The number of hydrogen-bond donors (Lipinski definition) is 1. The van der Waals surface area contributed by atoms with E-state index in [4.69, 9.17) is 47.4 Å². The zero-order valence-electron chi connectivity index (χ0n) is 22.8. The average molecular weight is 567 g/mol. The highest BCUT2D eigenvalue weighted by Gasteiger charge is 2.61. The van der Waals surface area contributed by atoms with E-state index in [0.29, 0.717) is 52.6 Å². The van der Waals surface area contributed by atoms with Crippen LogP contribution in [0.2, 0.25) is 0 Å². The molecule has 0 bridgehead atoms. The van der Waals surface area contributed by atoms with Gasteiger partial charge in [-0.15, -0.1) is 0 Å². The smallest absolute Gasteiger partial charge is 0.232 e. The number of para-hydroxylation sites is 1. The van der Waals surface area contributed by atoms with Gasteiger partial charge >= 0.3 is 0 Å². The van der Waals surface area contributed by atoms with Gasteiger partial charge in [-0.3, -0.25) is 0 Å². The van der Waals surface area contributed by atoms with Gasteiger partial charge in [0.05, 0.1) is 46.6 Å². The maximum atomic E-state index is 11.8. The molecule has 0 radical (unpaired) electrons. The lowest BCUT2D eigenvalue weighted by Gasteiger charge is -2.29. The van der Waals surface area contributed by atoms with Gasteiger partial charge in [0.25, 0.3) is 0 Å². The summed E-state index contributed by atoms with van der Waals surface area (Å²) in [5.74, 6) is 3.86. The van der Waals surface area contributed by atoms with E-state index in [2.05, 4.69) is 0 Å². The van der Waals surface area contributed by atoms with E-state index in [9.17, 15) is 5.11 Å². The molecule has 5 atom stereocenters. The van der Waals surface area contributed by atoms with Crippen molar-refractivity contribution >= 4 is 0 Å². The van der Waals surface area contributed by atoms with Crippen LogP contribution < -0.4 is 37.9 Å². The summed E-state index contributed by atoms with van der Waals surface area (Å²) in [7, 11) is 4.65. The highest BCUT2D eigenvalue weighted by Crippen LogP contribution is 2.53. The van der Waals surface area contributed by atoms with Gasteiger partial charge in [-0.25, -0.2) is 0 Å². The Balaban J connectivity index is 1.13. The Morgan fingerprint density at radius 2 is 1.54 bits per heavy atom. The summed E-state index contributed by atoms with van der Waals surface area (Å²) in [5, 5.41) is 11.8. The van der Waals surface area contributed by atoms with Crippen LogP contribution in [0.5, 0.6) is 46.0 Å². The zero-order valence-corrected chi connectivity index (χ0v) is 22.8. The minimum absolute atomic E-state index is 0.00571. The molecule has 0 aliphatic carbocycles. The Hall–Kier alpha value is -4.06. The number of hydrogen-bond acceptors (Lipinski definition) is 11. The number of ether oxygens (including phenoxy) is 10. The second-order valence-corrected chi connectivity index (χ2v) is 10.2. The van der Waals surface area contributed by atoms with Crippen LogP contribution in [0.25, 0.3) is 0 Å². The van der Waals surface area contributed by atoms with Gasteiger partial charge in [0.1, 0.15) is 12.4 Å². The molecule has 0 spiro atoms. The van der Waals surface area contributed by atoms with Crippen molar-refractivity contribution in [3.63, 3.8) is 0 Å². The molecule has 3 aromatic rings. The number of benzene rings is 3. The fraction of sp³-hybridized carbons (Fsp3) is 0.400. The van der Waals surface area contributed by atoms with E-state index in [-0.39, 0.29) is 26.1 Å². The van der Waals surface area contributed by atoms with Crippen LogP contribution in [0.4, 0.5) is 0 Å². The van der Waals surface area contributed by atoms with E-state index in [0.717, 1.165) is 11.1 Å². The molecule has 4 aliphatic heterocycles. The first-order valence-electron chi connectivity index (χ1n) is 13.3. The monoisotopic (exact) mass is 566 g/mol. The van der Waals surface area contributed by atoms with Crippen molar-refractivity contribution in [2.45, 2.75) is 24.1 Å². The largest absolute Gasteiger partial charge is 0.496 e. The van der Waals surface area contributed by atoms with Gasteiger partial charge < -0.3 is 52.5 Å². The van der Waals surface area contributed by atoms with Gasteiger partial charge in [0.2, 0.25) is 18.8 Å². The van der Waals surface area contributed by atoms with Crippen molar-refractivity contribution in [3.05, 3.63) is 59.7 Å². The molecular weight excluding hydrogens is 536 g/mol. The summed E-state index contributed by atoms with van der Waals surface area (Å²) in [6.45, 7) is 0.702. The summed E-state index contributed by atoms with van der Waals surface area (Å²) in [6.07, 6.45) is -1.88. The third-order valence-corrected chi connectivity index (χ3v) is 7.97. The first-order valence-corrected chi connectivity index (χ1v) is 13.3. The number of methoxy groups -OCH3 is 3. The molecule has 1 unspecified atom stereocenters. The zero-order chi connectivity index (χ0) is 28.1. The third kappa shape index (κ3) is 4.23. The third-order valence-electron chi connectivity index (χ3n) is 7.97. The van der Waals surface area contributed by atoms with Crippen LogP contribution in [0.1, 0.15) is 23.3 Å². The van der Waals surface area contributed by atoms with E-state index >= 15 is 0 Å². The Morgan fingerprint density at radius 3 is 2.32 bits per heavy atom. The normalized spacial score (nSPS) is 27.3. The van der Waals surface area contributed by atoms with Crippen molar-refractivity contribution in [1.29, 1.82) is 0 Å². The van der Waals surface area contributed by atoms with Crippen molar-refractivity contribution < 1.29 is 52.5 Å². The van der Waals surface area contributed by atoms with Crippen molar-refractivity contribution in [2.24, 2.45) is 5.92 Å².